The van der Waals surface area contributed by atoms with E-state index in [9.17, 15) is 9.59 Å². The fourth-order valence-corrected chi connectivity index (χ4v) is 3.72. The molecule has 0 fully saturated rings. The zero-order valence-electron chi connectivity index (χ0n) is 18.3. The van der Waals surface area contributed by atoms with E-state index in [2.05, 4.69) is 40.9 Å². The molecule has 3 rings (SSSR count). The second-order valence-electron chi connectivity index (χ2n) is 7.60. The van der Waals surface area contributed by atoms with Gasteiger partial charge in [0.25, 0.3) is 0 Å². The second kappa shape index (κ2) is 11.3. The zero-order valence-corrected chi connectivity index (χ0v) is 18.3. The molecule has 0 saturated heterocycles. The Kier molecular flexibility index (Phi) is 8.21. The van der Waals surface area contributed by atoms with Crippen molar-refractivity contribution in [1.82, 2.24) is 9.55 Å². The van der Waals surface area contributed by atoms with E-state index in [0.717, 1.165) is 46.9 Å². The fourth-order valence-electron chi connectivity index (χ4n) is 3.72. The summed E-state index contributed by atoms with van der Waals surface area (Å²) in [5.74, 6) is -0.397. The molecule has 0 atom stereocenters. The van der Waals surface area contributed by atoms with E-state index in [4.69, 9.17) is 9.47 Å². The molecule has 6 heteroatoms. The maximum absolute atomic E-state index is 12.1. The number of hydrogen-bond donors (Lipinski definition) is 0. The number of benzene rings is 1. The topological polar surface area (TPSA) is 70.4 Å². The number of nitrogens with zero attached hydrogens (tertiary/aromatic N) is 2. The minimum absolute atomic E-state index is 0.163. The van der Waals surface area contributed by atoms with Gasteiger partial charge in [-0.2, -0.15) is 0 Å². The summed E-state index contributed by atoms with van der Waals surface area (Å²) in [4.78, 5) is 28.0. The Morgan fingerprint density at radius 1 is 1.06 bits per heavy atom. The van der Waals surface area contributed by atoms with E-state index in [1.54, 1.807) is 6.20 Å². The Balaban J connectivity index is 1.87. The third-order valence-corrected chi connectivity index (χ3v) is 5.33. The lowest BCUT2D eigenvalue weighted by Crippen LogP contribution is -2.07. The van der Waals surface area contributed by atoms with Crippen molar-refractivity contribution in [2.24, 2.45) is 0 Å². The lowest BCUT2D eigenvalue weighted by atomic mass is 9.99. The summed E-state index contributed by atoms with van der Waals surface area (Å²) in [6.07, 6.45) is 9.62. The number of ether oxygens (including phenoxy) is 2. The van der Waals surface area contributed by atoms with Gasteiger partial charge < -0.3 is 14.0 Å². The van der Waals surface area contributed by atoms with Gasteiger partial charge in [0, 0.05) is 48.9 Å². The first-order valence-electron chi connectivity index (χ1n) is 10.8. The normalized spacial score (nSPS) is 10.9. The Labute approximate surface area is 183 Å². The summed E-state index contributed by atoms with van der Waals surface area (Å²) in [5.41, 5.74) is 4.44. The number of pyridine rings is 1. The zero-order chi connectivity index (χ0) is 22.1. The van der Waals surface area contributed by atoms with E-state index in [1.165, 1.54) is 7.11 Å². The molecule has 6 nitrogen and oxygen atoms in total. The van der Waals surface area contributed by atoms with Gasteiger partial charge in [0.1, 0.15) is 0 Å². The minimum Gasteiger partial charge on any atom is -0.469 e. The van der Waals surface area contributed by atoms with Crippen molar-refractivity contribution in [2.75, 3.05) is 13.7 Å². The van der Waals surface area contributed by atoms with Gasteiger partial charge in [-0.25, -0.2) is 0 Å². The molecule has 0 aliphatic heterocycles. The molecule has 164 valence electrons. The molecule has 0 amide bonds. The number of esters is 2. The maximum atomic E-state index is 12.1. The predicted molar refractivity (Wildman–Crippen MR) is 120 cm³/mol. The Morgan fingerprint density at radius 2 is 1.94 bits per heavy atom. The van der Waals surface area contributed by atoms with E-state index >= 15 is 0 Å². The lowest BCUT2D eigenvalue weighted by molar-refractivity contribution is -0.143. The van der Waals surface area contributed by atoms with Crippen LogP contribution in [0.25, 0.3) is 10.9 Å². The highest BCUT2D eigenvalue weighted by atomic mass is 16.5. The quantitative estimate of drug-likeness (QED) is 0.337. The van der Waals surface area contributed by atoms with Crippen LogP contribution < -0.4 is 0 Å². The summed E-state index contributed by atoms with van der Waals surface area (Å²) in [6.45, 7) is 3.09. The molecule has 31 heavy (non-hydrogen) atoms. The Morgan fingerprint density at radius 3 is 2.68 bits per heavy atom. The summed E-state index contributed by atoms with van der Waals surface area (Å²) < 4.78 is 12.2. The summed E-state index contributed by atoms with van der Waals surface area (Å²) in [5, 5.41) is 1.14. The first-order chi connectivity index (χ1) is 15.1. The third-order valence-electron chi connectivity index (χ3n) is 5.33. The van der Waals surface area contributed by atoms with Crippen LogP contribution in [0.5, 0.6) is 0 Å². The largest absolute Gasteiger partial charge is 0.469 e. The van der Waals surface area contributed by atoms with Crippen LogP contribution in [0.2, 0.25) is 0 Å². The van der Waals surface area contributed by atoms with E-state index in [0.29, 0.717) is 32.4 Å². The van der Waals surface area contributed by atoms with Gasteiger partial charge in [-0.1, -0.05) is 31.5 Å². The predicted octanol–water partition coefficient (Wildman–Crippen LogP) is 4.47. The fraction of sp³-hybridized carbons (Fsp3) is 0.400. The molecule has 0 radical (unpaired) electrons. The van der Waals surface area contributed by atoms with Crippen LogP contribution in [-0.2, 0) is 38.4 Å². The SMILES string of the molecule is CCCCOC(=O)CCc1cccc2c1c(Cc1cccnc1)cn2CCC(=O)OC. The second-order valence-corrected chi connectivity index (χ2v) is 7.60. The highest BCUT2D eigenvalue weighted by Crippen LogP contribution is 2.28. The molecule has 1 aromatic carbocycles. The first-order valence-corrected chi connectivity index (χ1v) is 10.8. The van der Waals surface area contributed by atoms with Crippen LogP contribution in [0, 0.1) is 0 Å². The number of unbranched alkanes of at least 4 members (excludes halogenated alkanes) is 1. The standard InChI is InChI=1S/C25H30N2O4/c1-3-4-15-31-24(29)11-10-20-8-5-9-22-25(20)21(16-19-7-6-13-26-17-19)18-27(22)14-12-23(28)30-2/h5-9,13,17-18H,3-4,10-12,14-16H2,1-2H3. The molecule has 0 N–H and O–H groups in total. The molecule has 0 spiro atoms. The molecular weight excluding hydrogens is 392 g/mol. The van der Waals surface area contributed by atoms with E-state index in [1.807, 2.05) is 18.3 Å². The van der Waals surface area contributed by atoms with Crippen molar-refractivity contribution in [3.05, 3.63) is 65.6 Å². The number of hydrogen-bond acceptors (Lipinski definition) is 5. The summed E-state index contributed by atoms with van der Waals surface area (Å²) in [7, 11) is 1.40. The van der Waals surface area contributed by atoms with Crippen molar-refractivity contribution in [1.29, 1.82) is 0 Å². The Bertz CT molecular complexity index is 1010. The van der Waals surface area contributed by atoms with Gasteiger partial charge in [0.15, 0.2) is 0 Å². The van der Waals surface area contributed by atoms with Crippen LogP contribution in [0.1, 0.15) is 49.3 Å². The van der Waals surface area contributed by atoms with Crippen LogP contribution in [-0.4, -0.2) is 35.2 Å². The smallest absolute Gasteiger partial charge is 0.307 e. The minimum atomic E-state index is -0.235. The highest BCUT2D eigenvalue weighted by Gasteiger charge is 2.15. The number of methoxy groups -OCH3 is 1. The summed E-state index contributed by atoms with van der Waals surface area (Å²) >= 11 is 0. The van der Waals surface area contributed by atoms with Crippen molar-refractivity contribution < 1.29 is 19.1 Å². The van der Waals surface area contributed by atoms with Gasteiger partial charge >= 0.3 is 11.9 Å². The van der Waals surface area contributed by atoms with Crippen LogP contribution in [0.15, 0.2) is 48.9 Å². The van der Waals surface area contributed by atoms with Crippen LogP contribution in [0.4, 0.5) is 0 Å². The third kappa shape index (κ3) is 6.17. The van der Waals surface area contributed by atoms with Crippen LogP contribution >= 0.6 is 0 Å². The summed E-state index contributed by atoms with van der Waals surface area (Å²) in [6, 6.07) is 10.1. The van der Waals surface area contributed by atoms with E-state index in [-0.39, 0.29) is 11.9 Å². The maximum Gasteiger partial charge on any atom is 0.307 e. The molecule has 0 unspecified atom stereocenters. The number of fused-ring (bicyclic) bond motifs is 1. The van der Waals surface area contributed by atoms with Gasteiger partial charge in [-0.05, 0) is 41.7 Å². The first kappa shape index (κ1) is 22.5. The number of carbonyl (C=O) groups excluding carboxylic acids is 2. The van der Waals surface area contributed by atoms with Gasteiger partial charge in [-0.15, -0.1) is 0 Å². The van der Waals surface area contributed by atoms with Gasteiger partial charge in [0.05, 0.1) is 20.1 Å². The molecule has 0 saturated carbocycles. The molecule has 0 aliphatic carbocycles. The Hall–Kier alpha value is -3.15. The van der Waals surface area contributed by atoms with Crippen LogP contribution in [0.3, 0.4) is 0 Å². The van der Waals surface area contributed by atoms with Crippen molar-refractivity contribution in [2.45, 2.75) is 52.0 Å². The van der Waals surface area contributed by atoms with Crippen molar-refractivity contribution in [3.8, 4) is 0 Å². The molecule has 0 bridgehead atoms. The number of rotatable bonds is 11. The van der Waals surface area contributed by atoms with Gasteiger partial charge in [-0.3, -0.25) is 14.6 Å². The van der Waals surface area contributed by atoms with Gasteiger partial charge in [0.2, 0.25) is 0 Å². The molecule has 3 aromatic rings. The highest BCUT2D eigenvalue weighted by molar-refractivity contribution is 5.88. The monoisotopic (exact) mass is 422 g/mol. The molecule has 2 aromatic heterocycles. The molecular formula is C25H30N2O4. The van der Waals surface area contributed by atoms with Crippen molar-refractivity contribution in [3.63, 3.8) is 0 Å². The number of aryl methyl sites for hydroxylation is 2. The molecule has 2 heterocycles. The number of carbonyl (C=O) groups is 2. The van der Waals surface area contributed by atoms with E-state index < -0.39 is 0 Å². The molecule has 0 aliphatic rings. The van der Waals surface area contributed by atoms with Crippen molar-refractivity contribution >= 4 is 22.8 Å². The average Bonchev–Trinajstić information content (AvgIpc) is 3.14. The average molecular weight is 423 g/mol. The number of aromatic nitrogens is 2. The lowest BCUT2D eigenvalue weighted by Gasteiger charge is -2.08.